The first-order valence-electron chi connectivity index (χ1n) is 7.75. The summed E-state index contributed by atoms with van der Waals surface area (Å²) in [5, 5.41) is 0. The van der Waals surface area contributed by atoms with Crippen LogP contribution in [0.4, 0.5) is 4.79 Å². The van der Waals surface area contributed by atoms with Crippen LogP contribution in [-0.4, -0.2) is 53.6 Å². The Bertz CT molecular complexity index is 575. The number of benzene rings is 1. The molecule has 0 bridgehead atoms. The SMILES string of the molecule is CC(C)(C)OC(=O)N1CCN(C(=O)Cc2cccc(Br)c2)CC1. The molecule has 1 saturated heterocycles. The number of rotatable bonds is 2. The number of carbonyl (C=O) groups excluding carboxylic acids is 2. The molecule has 1 aromatic rings. The van der Waals surface area contributed by atoms with Gasteiger partial charge < -0.3 is 14.5 Å². The van der Waals surface area contributed by atoms with Gasteiger partial charge in [-0.05, 0) is 38.5 Å². The number of halogens is 1. The molecule has 6 heteroatoms. The van der Waals surface area contributed by atoms with Crippen LogP contribution in [0.2, 0.25) is 0 Å². The lowest BCUT2D eigenvalue weighted by Gasteiger charge is -2.35. The summed E-state index contributed by atoms with van der Waals surface area (Å²) in [6.07, 6.45) is 0.0721. The molecule has 0 saturated carbocycles. The number of amides is 2. The van der Waals surface area contributed by atoms with E-state index in [0.717, 1.165) is 10.0 Å². The van der Waals surface area contributed by atoms with Crippen molar-refractivity contribution in [2.45, 2.75) is 32.8 Å². The first-order chi connectivity index (χ1) is 10.7. The molecule has 0 aromatic heterocycles. The average Bonchev–Trinajstić information content (AvgIpc) is 2.45. The van der Waals surface area contributed by atoms with Gasteiger partial charge in [0.05, 0.1) is 6.42 Å². The van der Waals surface area contributed by atoms with Gasteiger partial charge in [0.15, 0.2) is 0 Å². The van der Waals surface area contributed by atoms with Crippen LogP contribution in [0.1, 0.15) is 26.3 Å². The van der Waals surface area contributed by atoms with E-state index in [1.807, 2.05) is 49.9 Å². The van der Waals surface area contributed by atoms with E-state index in [2.05, 4.69) is 15.9 Å². The van der Waals surface area contributed by atoms with Crippen LogP contribution in [0.5, 0.6) is 0 Å². The summed E-state index contributed by atoms with van der Waals surface area (Å²) in [6.45, 7) is 7.67. The highest BCUT2D eigenvalue weighted by Crippen LogP contribution is 2.15. The van der Waals surface area contributed by atoms with Crippen LogP contribution >= 0.6 is 15.9 Å². The van der Waals surface area contributed by atoms with Crippen molar-refractivity contribution < 1.29 is 14.3 Å². The zero-order valence-electron chi connectivity index (χ0n) is 13.8. The second kappa shape index (κ2) is 7.34. The van der Waals surface area contributed by atoms with E-state index in [4.69, 9.17) is 4.74 Å². The summed E-state index contributed by atoms with van der Waals surface area (Å²) >= 11 is 3.41. The molecule has 5 nitrogen and oxygen atoms in total. The van der Waals surface area contributed by atoms with Crippen LogP contribution in [0.25, 0.3) is 0 Å². The van der Waals surface area contributed by atoms with Crippen LogP contribution in [-0.2, 0) is 16.0 Å². The van der Waals surface area contributed by atoms with Crippen molar-refractivity contribution >= 4 is 27.9 Å². The Morgan fingerprint density at radius 2 is 1.74 bits per heavy atom. The third kappa shape index (κ3) is 5.53. The largest absolute Gasteiger partial charge is 0.444 e. The second-order valence-electron chi connectivity index (χ2n) is 6.65. The summed E-state index contributed by atoms with van der Waals surface area (Å²) in [6, 6.07) is 7.76. The van der Waals surface area contributed by atoms with E-state index in [-0.39, 0.29) is 12.0 Å². The Hall–Kier alpha value is -1.56. The summed E-state index contributed by atoms with van der Waals surface area (Å²) in [5.74, 6) is 0.0898. The maximum atomic E-state index is 12.4. The van der Waals surface area contributed by atoms with Gasteiger partial charge in [-0.15, -0.1) is 0 Å². The van der Waals surface area contributed by atoms with Crippen molar-refractivity contribution in [3.8, 4) is 0 Å². The molecule has 0 atom stereocenters. The van der Waals surface area contributed by atoms with Crippen molar-refractivity contribution in [2.24, 2.45) is 0 Å². The molecule has 1 aromatic carbocycles. The standard InChI is InChI=1S/C17H23BrN2O3/c1-17(2,3)23-16(22)20-9-7-19(8-10-20)15(21)12-13-5-4-6-14(18)11-13/h4-6,11H,7-10,12H2,1-3H3. The zero-order chi connectivity index (χ0) is 17.0. The maximum Gasteiger partial charge on any atom is 0.410 e. The molecule has 1 aliphatic rings. The van der Waals surface area contributed by atoms with Crippen molar-refractivity contribution in [1.82, 2.24) is 9.80 Å². The Morgan fingerprint density at radius 1 is 1.13 bits per heavy atom. The molecule has 1 heterocycles. The van der Waals surface area contributed by atoms with Gasteiger partial charge >= 0.3 is 6.09 Å². The fourth-order valence-electron chi connectivity index (χ4n) is 2.40. The number of nitrogens with zero attached hydrogens (tertiary/aromatic N) is 2. The molecule has 0 radical (unpaired) electrons. The van der Waals surface area contributed by atoms with Gasteiger partial charge in [0.2, 0.25) is 5.91 Å². The number of piperazine rings is 1. The molecule has 0 spiro atoms. The third-order valence-electron chi connectivity index (χ3n) is 3.53. The van der Waals surface area contributed by atoms with E-state index in [1.54, 1.807) is 4.90 Å². The normalized spacial score (nSPS) is 15.5. The van der Waals surface area contributed by atoms with Gasteiger partial charge in [-0.25, -0.2) is 4.79 Å². The topological polar surface area (TPSA) is 49.9 Å². The molecule has 126 valence electrons. The lowest BCUT2D eigenvalue weighted by Crippen LogP contribution is -2.51. The molecular weight excluding hydrogens is 360 g/mol. The Kier molecular flexibility index (Phi) is 5.68. The molecule has 23 heavy (non-hydrogen) atoms. The molecule has 1 fully saturated rings. The fourth-order valence-corrected chi connectivity index (χ4v) is 2.84. The van der Waals surface area contributed by atoms with Crippen LogP contribution in [0.15, 0.2) is 28.7 Å². The Morgan fingerprint density at radius 3 is 2.30 bits per heavy atom. The quantitative estimate of drug-likeness (QED) is 0.789. The van der Waals surface area contributed by atoms with Crippen molar-refractivity contribution in [1.29, 1.82) is 0 Å². The number of ether oxygens (including phenoxy) is 1. The van der Waals surface area contributed by atoms with Gasteiger partial charge in [0.25, 0.3) is 0 Å². The number of carbonyl (C=O) groups is 2. The summed E-state index contributed by atoms with van der Waals surface area (Å²) in [4.78, 5) is 27.8. The predicted octanol–water partition coefficient (Wildman–Crippen LogP) is 3.07. The fraction of sp³-hybridized carbons (Fsp3) is 0.529. The lowest BCUT2D eigenvalue weighted by molar-refractivity contribution is -0.132. The summed E-state index contributed by atoms with van der Waals surface area (Å²) < 4.78 is 6.33. The molecule has 2 rings (SSSR count). The van der Waals surface area contributed by atoms with Gasteiger partial charge in [-0.3, -0.25) is 4.79 Å². The van der Waals surface area contributed by atoms with Crippen molar-refractivity contribution in [3.05, 3.63) is 34.3 Å². The third-order valence-corrected chi connectivity index (χ3v) is 4.02. The van der Waals surface area contributed by atoms with E-state index in [0.29, 0.717) is 32.6 Å². The number of hydrogen-bond donors (Lipinski definition) is 0. The minimum absolute atomic E-state index is 0.0898. The highest BCUT2D eigenvalue weighted by atomic mass is 79.9. The first kappa shape index (κ1) is 17.8. The minimum atomic E-state index is -0.495. The van der Waals surface area contributed by atoms with Gasteiger partial charge in [0, 0.05) is 30.7 Å². The Balaban J connectivity index is 1.84. The van der Waals surface area contributed by atoms with Gasteiger partial charge in [0.1, 0.15) is 5.60 Å². The monoisotopic (exact) mass is 382 g/mol. The van der Waals surface area contributed by atoms with Gasteiger partial charge in [-0.2, -0.15) is 0 Å². The van der Waals surface area contributed by atoms with Gasteiger partial charge in [-0.1, -0.05) is 28.1 Å². The van der Waals surface area contributed by atoms with E-state index >= 15 is 0 Å². The zero-order valence-corrected chi connectivity index (χ0v) is 15.4. The van der Waals surface area contributed by atoms with Crippen LogP contribution in [0, 0.1) is 0 Å². The predicted molar refractivity (Wildman–Crippen MR) is 92.2 cm³/mol. The smallest absolute Gasteiger partial charge is 0.410 e. The highest BCUT2D eigenvalue weighted by Gasteiger charge is 2.27. The summed E-state index contributed by atoms with van der Waals surface area (Å²) in [5.41, 5.74) is 0.490. The van der Waals surface area contributed by atoms with Crippen molar-refractivity contribution in [3.63, 3.8) is 0 Å². The average molecular weight is 383 g/mol. The van der Waals surface area contributed by atoms with E-state index in [9.17, 15) is 9.59 Å². The molecule has 2 amide bonds. The number of hydrogen-bond acceptors (Lipinski definition) is 3. The Labute approximate surface area is 145 Å². The summed E-state index contributed by atoms with van der Waals surface area (Å²) in [7, 11) is 0. The molecule has 0 N–H and O–H groups in total. The molecule has 0 aliphatic carbocycles. The van der Waals surface area contributed by atoms with E-state index < -0.39 is 5.60 Å². The van der Waals surface area contributed by atoms with E-state index in [1.165, 1.54) is 0 Å². The first-order valence-corrected chi connectivity index (χ1v) is 8.54. The maximum absolute atomic E-state index is 12.4. The molecular formula is C17H23BrN2O3. The van der Waals surface area contributed by atoms with Crippen LogP contribution < -0.4 is 0 Å². The molecule has 0 unspecified atom stereocenters. The lowest BCUT2D eigenvalue weighted by atomic mass is 10.1. The highest BCUT2D eigenvalue weighted by molar-refractivity contribution is 9.10. The van der Waals surface area contributed by atoms with Crippen LogP contribution in [0.3, 0.4) is 0 Å². The molecule has 1 aliphatic heterocycles. The second-order valence-corrected chi connectivity index (χ2v) is 7.57. The minimum Gasteiger partial charge on any atom is -0.444 e. The van der Waals surface area contributed by atoms with Crippen molar-refractivity contribution in [2.75, 3.05) is 26.2 Å².